The lowest BCUT2D eigenvalue weighted by molar-refractivity contribution is 0.0695. The number of hydrogen-bond acceptors (Lipinski definition) is 4. The van der Waals surface area contributed by atoms with Gasteiger partial charge in [0.05, 0.1) is 6.10 Å². The standard InChI is InChI=1S/C15H20BrNO3/c16-12-6-15-14(19-9-20-15)5-11(12)8-17-7-10-3-1-2-4-13(10)18/h5-6,10,13,17-18H,1-4,7-9H2. The average Bonchev–Trinajstić information content (AvgIpc) is 2.88. The van der Waals surface area contributed by atoms with Gasteiger partial charge in [-0.2, -0.15) is 0 Å². The van der Waals surface area contributed by atoms with Gasteiger partial charge in [-0.25, -0.2) is 0 Å². The van der Waals surface area contributed by atoms with Crippen molar-refractivity contribution in [1.82, 2.24) is 5.32 Å². The minimum Gasteiger partial charge on any atom is -0.454 e. The lowest BCUT2D eigenvalue weighted by Crippen LogP contribution is -2.33. The number of benzene rings is 1. The third-order valence-corrected chi connectivity index (χ3v) is 4.87. The Kier molecular flexibility index (Phi) is 4.48. The van der Waals surface area contributed by atoms with Gasteiger partial charge in [0.25, 0.3) is 0 Å². The van der Waals surface area contributed by atoms with E-state index in [1.54, 1.807) is 0 Å². The lowest BCUT2D eigenvalue weighted by Gasteiger charge is -2.27. The molecule has 1 saturated carbocycles. The molecule has 2 unspecified atom stereocenters. The fourth-order valence-corrected chi connectivity index (χ4v) is 3.38. The van der Waals surface area contributed by atoms with Gasteiger partial charge in [-0.1, -0.05) is 28.8 Å². The van der Waals surface area contributed by atoms with E-state index >= 15 is 0 Å². The molecule has 110 valence electrons. The Balaban J connectivity index is 1.56. The van der Waals surface area contributed by atoms with E-state index in [-0.39, 0.29) is 6.10 Å². The molecule has 0 aromatic heterocycles. The molecular weight excluding hydrogens is 322 g/mol. The predicted molar refractivity (Wildman–Crippen MR) is 79.9 cm³/mol. The fourth-order valence-electron chi connectivity index (χ4n) is 2.91. The second-order valence-corrected chi connectivity index (χ2v) is 6.39. The van der Waals surface area contributed by atoms with Gasteiger partial charge in [0.15, 0.2) is 11.5 Å². The first-order valence-electron chi connectivity index (χ1n) is 7.21. The van der Waals surface area contributed by atoms with Crippen LogP contribution in [0.15, 0.2) is 16.6 Å². The van der Waals surface area contributed by atoms with Gasteiger partial charge in [0, 0.05) is 17.6 Å². The smallest absolute Gasteiger partial charge is 0.231 e. The highest BCUT2D eigenvalue weighted by Gasteiger charge is 2.22. The van der Waals surface area contributed by atoms with Crippen molar-refractivity contribution in [3.8, 4) is 11.5 Å². The van der Waals surface area contributed by atoms with E-state index in [0.29, 0.717) is 12.7 Å². The maximum absolute atomic E-state index is 9.96. The first kappa shape index (κ1) is 14.2. The lowest BCUT2D eigenvalue weighted by atomic mass is 9.86. The molecule has 0 bridgehead atoms. The summed E-state index contributed by atoms with van der Waals surface area (Å²) < 4.78 is 11.8. The zero-order chi connectivity index (χ0) is 13.9. The maximum Gasteiger partial charge on any atom is 0.231 e. The Bertz CT molecular complexity index is 480. The second kappa shape index (κ2) is 6.33. The maximum atomic E-state index is 9.96. The highest BCUT2D eigenvalue weighted by Crippen LogP contribution is 2.36. The molecule has 1 aromatic carbocycles. The SMILES string of the molecule is OC1CCCCC1CNCc1cc2c(cc1Br)OCO2. The van der Waals surface area contributed by atoms with E-state index in [4.69, 9.17) is 9.47 Å². The molecule has 2 N–H and O–H groups in total. The number of aliphatic hydroxyl groups excluding tert-OH is 1. The predicted octanol–water partition coefficient (Wildman–Crippen LogP) is 2.82. The zero-order valence-corrected chi connectivity index (χ0v) is 13.0. The molecule has 2 aliphatic rings. The van der Waals surface area contributed by atoms with Crippen LogP contribution in [0.25, 0.3) is 0 Å². The van der Waals surface area contributed by atoms with Crippen molar-refractivity contribution < 1.29 is 14.6 Å². The number of nitrogens with one attached hydrogen (secondary N) is 1. The van der Waals surface area contributed by atoms with Crippen LogP contribution in [0.5, 0.6) is 11.5 Å². The molecular formula is C15H20BrNO3. The summed E-state index contributed by atoms with van der Waals surface area (Å²) in [5.41, 5.74) is 1.15. The van der Waals surface area contributed by atoms with E-state index in [2.05, 4.69) is 21.2 Å². The minimum absolute atomic E-state index is 0.142. The molecule has 0 radical (unpaired) electrons. The number of hydrogen-bond donors (Lipinski definition) is 2. The summed E-state index contributed by atoms with van der Waals surface area (Å²) in [7, 11) is 0. The van der Waals surface area contributed by atoms with Crippen molar-refractivity contribution in [3.63, 3.8) is 0 Å². The zero-order valence-electron chi connectivity index (χ0n) is 11.4. The van der Waals surface area contributed by atoms with E-state index < -0.39 is 0 Å². The monoisotopic (exact) mass is 341 g/mol. The normalized spacial score (nSPS) is 24.9. The van der Waals surface area contributed by atoms with E-state index in [0.717, 1.165) is 53.9 Å². The first-order valence-corrected chi connectivity index (χ1v) is 8.00. The van der Waals surface area contributed by atoms with E-state index in [9.17, 15) is 5.11 Å². The third kappa shape index (κ3) is 3.10. The van der Waals surface area contributed by atoms with E-state index in [1.807, 2.05) is 12.1 Å². The van der Waals surface area contributed by atoms with Gasteiger partial charge < -0.3 is 19.9 Å². The van der Waals surface area contributed by atoms with Crippen LogP contribution in [0.4, 0.5) is 0 Å². The highest BCUT2D eigenvalue weighted by molar-refractivity contribution is 9.10. The highest BCUT2D eigenvalue weighted by atomic mass is 79.9. The van der Waals surface area contributed by atoms with Gasteiger partial charge in [-0.05, 0) is 36.5 Å². The molecule has 1 fully saturated rings. The Morgan fingerprint density at radius 2 is 1.95 bits per heavy atom. The molecule has 1 aromatic rings. The Morgan fingerprint density at radius 3 is 2.75 bits per heavy atom. The number of aliphatic hydroxyl groups is 1. The molecule has 2 atom stereocenters. The van der Waals surface area contributed by atoms with Gasteiger partial charge in [0.2, 0.25) is 6.79 Å². The fraction of sp³-hybridized carbons (Fsp3) is 0.600. The Labute approximate surface area is 127 Å². The summed E-state index contributed by atoms with van der Waals surface area (Å²) in [4.78, 5) is 0. The molecule has 3 rings (SSSR count). The number of halogens is 1. The third-order valence-electron chi connectivity index (χ3n) is 4.13. The summed E-state index contributed by atoms with van der Waals surface area (Å²) in [6.45, 7) is 1.93. The van der Waals surface area contributed by atoms with Crippen molar-refractivity contribution >= 4 is 15.9 Å². The summed E-state index contributed by atoms with van der Waals surface area (Å²) in [5, 5.41) is 13.4. The van der Waals surface area contributed by atoms with Crippen LogP contribution < -0.4 is 14.8 Å². The van der Waals surface area contributed by atoms with Crippen LogP contribution in [0.2, 0.25) is 0 Å². The molecule has 0 amide bonds. The number of rotatable bonds is 4. The summed E-state index contributed by atoms with van der Waals surface area (Å²) >= 11 is 3.56. The molecule has 20 heavy (non-hydrogen) atoms. The van der Waals surface area contributed by atoms with Gasteiger partial charge in [-0.3, -0.25) is 0 Å². The van der Waals surface area contributed by atoms with Crippen molar-refractivity contribution in [1.29, 1.82) is 0 Å². The molecule has 1 heterocycles. The van der Waals surface area contributed by atoms with Crippen LogP contribution >= 0.6 is 15.9 Å². The number of ether oxygens (including phenoxy) is 2. The van der Waals surface area contributed by atoms with Gasteiger partial charge in [0.1, 0.15) is 0 Å². The minimum atomic E-state index is -0.142. The molecule has 1 aliphatic carbocycles. The summed E-state index contributed by atoms with van der Waals surface area (Å²) in [6, 6.07) is 3.96. The summed E-state index contributed by atoms with van der Waals surface area (Å²) in [6.07, 6.45) is 4.32. The second-order valence-electron chi connectivity index (χ2n) is 5.54. The molecule has 4 nitrogen and oxygen atoms in total. The van der Waals surface area contributed by atoms with Crippen molar-refractivity contribution in [2.45, 2.75) is 38.3 Å². The molecule has 0 spiro atoms. The van der Waals surface area contributed by atoms with Crippen LogP contribution in [0.1, 0.15) is 31.2 Å². The van der Waals surface area contributed by atoms with Crippen molar-refractivity contribution in [3.05, 3.63) is 22.2 Å². The Hall–Kier alpha value is -0.780. The summed E-state index contributed by atoms with van der Waals surface area (Å²) in [5.74, 6) is 1.99. The van der Waals surface area contributed by atoms with Crippen LogP contribution in [-0.4, -0.2) is 24.5 Å². The quantitative estimate of drug-likeness (QED) is 0.884. The van der Waals surface area contributed by atoms with Crippen molar-refractivity contribution in [2.24, 2.45) is 5.92 Å². The van der Waals surface area contributed by atoms with E-state index in [1.165, 1.54) is 6.42 Å². The number of fused-ring (bicyclic) bond motifs is 1. The average molecular weight is 342 g/mol. The molecule has 5 heteroatoms. The van der Waals surface area contributed by atoms with Gasteiger partial charge in [-0.15, -0.1) is 0 Å². The Morgan fingerprint density at radius 1 is 1.20 bits per heavy atom. The van der Waals surface area contributed by atoms with Crippen LogP contribution in [-0.2, 0) is 6.54 Å². The van der Waals surface area contributed by atoms with Crippen LogP contribution in [0.3, 0.4) is 0 Å². The molecule has 0 saturated heterocycles. The van der Waals surface area contributed by atoms with Crippen LogP contribution in [0, 0.1) is 5.92 Å². The van der Waals surface area contributed by atoms with Crippen molar-refractivity contribution in [2.75, 3.05) is 13.3 Å². The van der Waals surface area contributed by atoms with Gasteiger partial charge >= 0.3 is 0 Å². The largest absolute Gasteiger partial charge is 0.454 e. The molecule has 1 aliphatic heterocycles. The topological polar surface area (TPSA) is 50.7 Å². The first-order chi connectivity index (χ1) is 9.74.